The first-order valence-electron chi connectivity index (χ1n) is 6.18. The number of morpholine rings is 1. The Morgan fingerprint density at radius 1 is 1.39 bits per heavy atom. The standard InChI is InChI=1S/C14H19NO3/c1-11-8-15(9-12-6-4-3-5-7-12)10-13(18-11)14(16)17-2/h3-7,11,13H,8-10H2,1-2H3/t11-,13+/m1/s1. The van der Waals surface area contributed by atoms with Gasteiger partial charge in [-0.15, -0.1) is 0 Å². The van der Waals surface area contributed by atoms with Gasteiger partial charge in [-0.1, -0.05) is 30.3 Å². The highest BCUT2D eigenvalue weighted by atomic mass is 16.6. The van der Waals surface area contributed by atoms with Crippen molar-refractivity contribution < 1.29 is 14.3 Å². The molecular weight excluding hydrogens is 230 g/mol. The van der Waals surface area contributed by atoms with Crippen molar-refractivity contribution in [1.82, 2.24) is 4.90 Å². The fourth-order valence-corrected chi connectivity index (χ4v) is 2.27. The quantitative estimate of drug-likeness (QED) is 0.760. The molecule has 0 aliphatic carbocycles. The van der Waals surface area contributed by atoms with E-state index in [1.165, 1.54) is 12.7 Å². The fraction of sp³-hybridized carbons (Fsp3) is 0.500. The predicted molar refractivity (Wildman–Crippen MR) is 68.1 cm³/mol. The summed E-state index contributed by atoms with van der Waals surface area (Å²) in [5.41, 5.74) is 1.25. The van der Waals surface area contributed by atoms with Crippen LogP contribution in [0, 0.1) is 0 Å². The van der Waals surface area contributed by atoms with Gasteiger partial charge >= 0.3 is 5.97 Å². The van der Waals surface area contributed by atoms with Gasteiger partial charge in [-0.3, -0.25) is 4.90 Å². The topological polar surface area (TPSA) is 38.8 Å². The molecule has 0 radical (unpaired) electrons. The van der Waals surface area contributed by atoms with Gasteiger partial charge in [0.2, 0.25) is 0 Å². The van der Waals surface area contributed by atoms with Crippen LogP contribution in [0.4, 0.5) is 0 Å². The number of benzene rings is 1. The molecular formula is C14H19NO3. The van der Waals surface area contributed by atoms with Crippen LogP contribution in [0.1, 0.15) is 12.5 Å². The van der Waals surface area contributed by atoms with E-state index in [9.17, 15) is 4.79 Å². The molecule has 0 saturated carbocycles. The Kier molecular flexibility index (Phi) is 4.33. The minimum Gasteiger partial charge on any atom is -0.467 e. The second kappa shape index (κ2) is 5.98. The summed E-state index contributed by atoms with van der Waals surface area (Å²) in [7, 11) is 1.40. The van der Waals surface area contributed by atoms with Crippen LogP contribution in [-0.4, -0.2) is 43.3 Å². The highest BCUT2D eigenvalue weighted by Gasteiger charge is 2.30. The molecule has 1 heterocycles. The minimum atomic E-state index is -0.470. The minimum absolute atomic E-state index is 0.0477. The van der Waals surface area contributed by atoms with E-state index in [4.69, 9.17) is 9.47 Å². The molecule has 1 aliphatic rings. The van der Waals surface area contributed by atoms with Crippen molar-refractivity contribution in [3.05, 3.63) is 35.9 Å². The van der Waals surface area contributed by atoms with E-state index < -0.39 is 6.10 Å². The van der Waals surface area contributed by atoms with Crippen molar-refractivity contribution in [1.29, 1.82) is 0 Å². The van der Waals surface area contributed by atoms with E-state index in [0.717, 1.165) is 13.1 Å². The highest BCUT2D eigenvalue weighted by molar-refractivity contribution is 5.74. The number of esters is 1. The lowest BCUT2D eigenvalue weighted by atomic mass is 10.1. The average molecular weight is 249 g/mol. The summed E-state index contributed by atoms with van der Waals surface area (Å²) in [5, 5.41) is 0. The van der Waals surface area contributed by atoms with Crippen molar-refractivity contribution in [3.63, 3.8) is 0 Å². The zero-order chi connectivity index (χ0) is 13.0. The van der Waals surface area contributed by atoms with Gasteiger partial charge in [0.15, 0.2) is 6.10 Å². The Hall–Kier alpha value is -1.39. The number of carbonyl (C=O) groups excluding carboxylic acids is 1. The summed E-state index contributed by atoms with van der Waals surface area (Å²) in [6.07, 6.45) is -0.422. The maximum absolute atomic E-state index is 11.5. The summed E-state index contributed by atoms with van der Waals surface area (Å²) in [4.78, 5) is 13.8. The normalized spacial score (nSPS) is 24.8. The average Bonchev–Trinajstić information content (AvgIpc) is 2.38. The summed E-state index contributed by atoms with van der Waals surface area (Å²) in [6.45, 7) is 4.24. The predicted octanol–water partition coefficient (Wildman–Crippen LogP) is 1.45. The van der Waals surface area contributed by atoms with Crippen LogP contribution in [0.3, 0.4) is 0 Å². The summed E-state index contributed by atoms with van der Waals surface area (Å²) >= 11 is 0. The molecule has 98 valence electrons. The van der Waals surface area contributed by atoms with Crippen LogP contribution < -0.4 is 0 Å². The van der Waals surface area contributed by atoms with Gasteiger partial charge in [-0.05, 0) is 12.5 Å². The van der Waals surface area contributed by atoms with Crippen LogP contribution in [-0.2, 0) is 20.8 Å². The Labute approximate surface area is 107 Å². The summed E-state index contributed by atoms with van der Waals surface area (Å²) < 4.78 is 10.3. The van der Waals surface area contributed by atoms with E-state index >= 15 is 0 Å². The smallest absolute Gasteiger partial charge is 0.336 e. The Balaban J connectivity index is 1.98. The molecule has 1 aromatic rings. The van der Waals surface area contributed by atoms with E-state index in [1.807, 2.05) is 25.1 Å². The van der Waals surface area contributed by atoms with Crippen LogP contribution >= 0.6 is 0 Å². The molecule has 0 aromatic heterocycles. The number of hydrogen-bond donors (Lipinski definition) is 0. The van der Waals surface area contributed by atoms with Gasteiger partial charge < -0.3 is 9.47 Å². The number of ether oxygens (including phenoxy) is 2. The number of nitrogens with zero attached hydrogens (tertiary/aromatic N) is 1. The highest BCUT2D eigenvalue weighted by Crippen LogP contribution is 2.15. The molecule has 1 aromatic carbocycles. The second-order valence-electron chi connectivity index (χ2n) is 4.64. The first-order chi connectivity index (χ1) is 8.69. The summed E-state index contributed by atoms with van der Waals surface area (Å²) in [6, 6.07) is 10.2. The zero-order valence-corrected chi connectivity index (χ0v) is 10.8. The van der Waals surface area contributed by atoms with E-state index in [-0.39, 0.29) is 12.1 Å². The fourth-order valence-electron chi connectivity index (χ4n) is 2.27. The van der Waals surface area contributed by atoms with Gasteiger partial charge in [0.05, 0.1) is 13.2 Å². The lowest BCUT2D eigenvalue weighted by Gasteiger charge is -2.35. The largest absolute Gasteiger partial charge is 0.467 e. The first kappa shape index (κ1) is 13.1. The molecule has 2 atom stereocenters. The SMILES string of the molecule is COC(=O)[C@@H]1CN(Cc2ccccc2)C[C@@H](C)O1. The molecule has 4 nitrogen and oxygen atoms in total. The third-order valence-electron chi connectivity index (χ3n) is 3.05. The number of carbonyl (C=O) groups is 1. The van der Waals surface area contributed by atoms with Crippen LogP contribution in [0.15, 0.2) is 30.3 Å². The van der Waals surface area contributed by atoms with Gasteiger partial charge in [-0.25, -0.2) is 4.79 Å². The summed E-state index contributed by atoms with van der Waals surface area (Å²) in [5.74, 6) is -0.292. The van der Waals surface area contributed by atoms with Crippen molar-refractivity contribution >= 4 is 5.97 Å². The van der Waals surface area contributed by atoms with Crippen molar-refractivity contribution in [2.24, 2.45) is 0 Å². The third kappa shape index (κ3) is 3.31. The molecule has 18 heavy (non-hydrogen) atoms. The van der Waals surface area contributed by atoms with Gasteiger partial charge in [0.25, 0.3) is 0 Å². The third-order valence-corrected chi connectivity index (χ3v) is 3.05. The molecule has 0 N–H and O–H groups in total. The van der Waals surface area contributed by atoms with E-state index in [0.29, 0.717) is 6.54 Å². The monoisotopic (exact) mass is 249 g/mol. The maximum Gasteiger partial charge on any atom is 0.336 e. The van der Waals surface area contributed by atoms with Gasteiger partial charge in [-0.2, -0.15) is 0 Å². The molecule has 0 bridgehead atoms. The molecule has 0 amide bonds. The number of hydrogen-bond acceptors (Lipinski definition) is 4. The van der Waals surface area contributed by atoms with Crippen molar-refractivity contribution in [2.75, 3.05) is 20.2 Å². The second-order valence-corrected chi connectivity index (χ2v) is 4.64. The van der Waals surface area contributed by atoms with Crippen LogP contribution in [0.5, 0.6) is 0 Å². The van der Waals surface area contributed by atoms with E-state index in [1.54, 1.807) is 0 Å². The molecule has 4 heteroatoms. The molecule has 0 unspecified atom stereocenters. The maximum atomic E-state index is 11.5. The molecule has 0 spiro atoms. The Morgan fingerprint density at radius 3 is 2.78 bits per heavy atom. The van der Waals surface area contributed by atoms with Crippen molar-refractivity contribution in [3.8, 4) is 0 Å². The van der Waals surface area contributed by atoms with Gasteiger partial charge in [0, 0.05) is 19.6 Å². The van der Waals surface area contributed by atoms with Gasteiger partial charge in [0.1, 0.15) is 0 Å². The molecule has 1 saturated heterocycles. The molecule has 1 fully saturated rings. The van der Waals surface area contributed by atoms with E-state index in [2.05, 4.69) is 17.0 Å². The molecule has 1 aliphatic heterocycles. The number of rotatable bonds is 3. The lowest BCUT2D eigenvalue weighted by Crippen LogP contribution is -2.49. The molecule has 2 rings (SSSR count). The lowest BCUT2D eigenvalue weighted by molar-refractivity contribution is -0.166. The van der Waals surface area contributed by atoms with Crippen LogP contribution in [0.2, 0.25) is 0 Å². The Bertz CT molecular complexity index is 393. The van der Waals surface area contributed by atoms with Crippen LogP contribution in [0.25, 0.3) is 0 Å². The first-order valence-corrected chi connectivity index (χ1v) is 6.18. The van der Waals surface area contributed by atoms with Crippen molar-refractivity contribution in [2.45, 2.75) is 25.7 Å². The zero-order valence-electron chi connectivity index (χ0n) is 10.8. The Morgan fingerprint density at radius 2 is 2.11 bits per heavy atom. The number of methoxy groups -OCH3 is 1.